The number of halogens is 4. The number of carbonyl (C=O) groups excluding carboxylic acids is 2. The predicted molar refractivity (Wildman–Crippen MR) is 129 cm³/mol. The highest BCUT2D eigenvalue weighted by Crippen LogP contribution is 2.31. The largest absolute Gasteiger partial charge is 0.357 e. The first-order valence-electron chi connectivity index (χ1n) is 9.23. The van der Waals surface area contributed by atoms with Gasteiger partial charge in [-0.2, -0.15) is 0 Å². The number of amides is 2. The fourth-order valence-corrected chi connectivity index (χ4v) is 4.79. The average Bonchev–Trinajstić information content (AvgIpc) is 2.70. The smallest absolute Gasteiger partial charge is 0.244 e. The van der Waals surface area contributed by atoms with Gasteiger partial charge in [0.2, 0.25) is 21.8 Å². The molecular formula is C20H21Cl4N3O4S. The molecule has 1 atom stereocenters. The van der Waals surface area contributed by atoms with Crippen molar-refractivity contribution in [3.05, 3.63) is 62.1 Å². The summed E-state index contributed by atoms with van der Waals surface area (Å²) in [5.74, 6) is -1.07. The zero-order valence-electron chi connectivity index (χ0n) is 17.4. The lowest BCUT2D eigenvalue weighted by Crippen LogP contribution is -2.50. The summed E-state index contributed by atoms with van der Waals surface area (Å²) >= 11 is 24.3. The molecule has 0 aliphatic rings. The van der Waals surface area contributed by atoms with E-state index in [1.54, 1.807) is 12.1 Å². The topological polar surface area (TPSA) is 86.8 Å². The van der Waals surface area contributed by atoms with E-state index in [0.717, 1.165) is 10.6 Å². The Morgan fingerprint density at radius 1 is 1.00 bits per heavy atom. The Labute approximate surface area is 207 Å². The van der Waals surface area contributed by atoms with Crippen molar-refractivity contribution < 1.29 is 18.0 Å². The van der Waals surface area contributed by atoms with Gasteiger partial charge in [-0.1, -0.05) is 52.5 Å². The van der Waals surface area contributed by atoms with Gasteiger partial charge in [-0.05, 0) is 42.8 Å². The van der Waals surface area contributed by atoms with E-state index in [0.29, 0.717) is 20.6 Å². The van der Waals surface area contributed by atoms with Crippen LogP contribution in [-0.2, 0) is 26.2 Å². The molecule has 12 heteroatoms. The number of benzene rings is 2. The van der Waals surface area contributed by atoms with Crippen LogP contribution in [0.3, 0.4) is 0 Å². The van der Waals surface area contributed by atoms with Crippen LogP contribution in [0.15, 0.2) is 36.4 Å². The minimum Gasteiger partial charge on any atom is -0.357 e. The molecule has 2 aromatic rings. The van der Waals surface area contributed by atoms with Crippen molar-refractivity contribution in [2.45, 2.75) is 19.5 Å². The van der Waals surface area contributed by atoms with E-state index in [-0.39, 0.29) is 17.3 Å². The molecule has 0 saturated carbocycles. The van der Waals surface area contributed by atoms with Crippen molar-refractivity contribution in [3.63, 3.8) is 0 Å². The summed E-state index contributed by atoms with van der Waals surface area (Å²) in [6.45, 7) is 0.892. The zero-order chi connectivity index (χ0) is 24.2. The van der Waals surface area contributed by atoms with Crippen LogP contribution in [0.5, 0.6) is 0 Å². The first-order valence-corrected chi connectivity index (χ1v) is 12.6. The normalized spacial score (nSPS) is 12.2. The molecular weight excluding hydrogens is 520 g/mol. The number of likely N-dealkylation sites (N-methyl/N-ethyl adjacent to an activating group) is 1. The Bertz CT molecular complexity index is 1130. The summed E-state index contributed by atoms with van der Waals surface area (Å²) < 4.78 is 25.8. The standard InChI is InChI=1S/C20H21Cl4N3O4S/c1-12(20(29)25-2)26(10-13-4-5-14(21)8-16(13)23)19(28)11-27(32(3,30)31)18-7-6-15(22)9-17(18)24/h4-9,12H,10-11H2,1-3H3,(H,25,29)/t12-/m0/s1. The fraction of sp³-hybridized carbons (Fsp3) is 0.300. The minimum atomic E-state index is -3.91. The molecule has 0 spiro atoms. The van der Waals surface area contributed by atoms with Crippen LogP contribution >= 0.6 is 46.4 Å². The molecule has 1 N–H and O–H groups in total. The Morgan fingerprint density at radius 3 is 2.06 bits per heavy atom. The van der Waals surface area contributed by atoms with Crippen LogP contribution in [0.1, 0.15) is 12.5 Å². The second-order valence-electron chi connectivity index (χ2n) is 6.91. The lowest BCUT2D eigenvalue weighted by molar-refractivity contribution is -0.139. The van der Waals surface area contributed by atoms with Gasteiger partial charge >= 0.3 is 0 Å². The summed E-state index contributed by atoms with van der Waals surface area (Å²) in [6, 6.07) is 8.08. The molecule has 174 valence electrons. The minimum absolute atomic E-state index is 0.0463. The van der Waals surface area contributed by atoms with Crippen molar-refractivity contribution in [2.24, 2.45) is 0 Å². The van der Waals surface area contributed by atoms with Crippen molar-refractivity contribution in [1.82, 2.24) is 10.2 Å². The van der Waals surface area contributed by atoms with Gasteiger partial charge in [0, 0.05) is 28.7 Å². The van der Waals surface area contributed by atoms with E-state index >= 15 is 0 Å². The number of carbonyl (C=O) groups is 2. The molecule has 0 aliphatic carbocycles. The van der Waals surface area contributed by atoms with Gasteiger partial charge in [-0.25, -0.2) is 8.42 Å². The third kappa shape index (κ3) is 6.65. The van der Waals surface area contributed by atoms with Crippen molar-refractivity contribution in [1.29, 1.82) is 0 Å². The molecule has 2 rings (SSSR count). The van der Waals surface area contributed by atoms with Crippen LogP contribution in [-0.4, -0.2) is 51.0 Å². The molecule has 7 nitrogen and oxygen atoms in total. The highest BCUT2D eigenvalue weighted by Gasteiger charge is 2.30. The predicted octanol–water partition coefficient (Wildman–Crippen LogP) is 4.23. The Kier molecular flexibility index (Phi) is 9.07. The third-order valence-electron chi connectivity index (χ3n) is 4.63. The second-order valence-corrected chi connectivity index (χ2v) is 10.5. The van der Waals surface area contributed by atoms with Crippen molar-refractivity contribution in [3.8, 4) is 0 Å². The highest BCUT2D eigenvalue weighted by atomic mass is 35.5. The fourth-order valence-electron chi connectivity index (χ4n) is 2.90. The van der Waals surface area contributed by atoms with Gasteiger partial charge in [-0.3, -0.25) is 13.9 Å². The van der Waals surface area contributed by atoms with E-state index in [1.807, 2.05) is 0 Å². The second kappa shape index (κ2) is 10.9. The number of rotatable bonds is 8. The van der Waals surface area contributed by atoms with Gasteiger partial charge < -0.3 is 10.2 Å². The summed E-state index contributed by atoms with van der Waals surface area (Å²) in [4.78, 5) is 26.8. The lowest BCUT2D eigenvalue weighted by Gasteiger charge is -2.31. The molecule has 0 aliphatic heterocycles. The van der Waals surface area contributed by atoms with Crippen molar-refractivity contribution >= 4 is 73.9 Å². The maximum Gasteiger partial charge on any atom is 0.244 e. The van der Waals surface area contributed by atoms with E-state index in [9.17, 15) is 18.0 Å². The molecule has 32 heavy (non-hydrogen) atoms. The number of hydrogen-bond donors (Lipinski definition) is 1. The number of sulfonamides is 1. The van der Waals surface area contributed by atoms with Crippen molar-refractivity contribution in [2.75, 3.05) is 24.2 Å². The zero-order valence-corrected chi connectivity index (χ0v) is 21.2. The summed E-state index contributed by atoms with van der Waals surface area (Å²) in [5, 5.41) is 3.57. The van der Waals surface area contributed by atoms with Crippen LogP contribution in [0.4, 0.5) is 5.69 Å². The van der Waals surface area contributed by atoms with Gasteiger partial charge in [0.1, 0.15) is 12.6 Å². The third-order valence-corrected chi connectivity index (χ3v) is 6.88. The Hall–Kier alpha value is -1.71. The van der Waals surface area contributed by atoms with E-state index in [4.69, 9.17) is 46.4 Å². The van der Waals surface area contributed by atoms with E-state index in [1.165, 1.54) is 43.1 Å². The molecule has 0 unspecified atom stereocenters. The first-order chi connectivity index (χ1) is 14.8. The highest BCUT2D eigenvalue weighted by molar-refractivity contribution is 7.92. The van der Waals surface area contributed by atoms with Crippen LogP contribution in [0, 0.1) is 0 Å². The van der Waals surface area contributed by atoms with Gasteiger partial charge in [0.05, 0.1) is 17.0 Å². The number of nitrogens with one attached hydrogen (secondary N) is 1. The molecule has 0 aromatic heterocycles. The van der Waals surface area contributed by atoms with E-state index in [2.05, 4.69) is 5.32 Å². The van der Waals surface area contributed by atoms with Crippen LogP contribution < -0.4 is 9.62 Å². The maximum atomic E-state index is 13.3. The van der Waals surface area contributed by atoms with E-state index < -0.39 is 34.4 Å². The molecule has 2 aromatic carbocycles. The summed E-state index contributed by atoms with van der Waals surface area (Å²) in [6.07, 6.45) is 0.952. The number of nitrogens with zero attached hydrogens (tertiary/aromatic N) is 2. The Balaban J connectivity index is 2.45. The average molecular weight is 541 g/mol. The maximum absolute atomic E-state index is 13.3. The first kappa shape index (κ1) is 26.5. The monoisotopic (exact) mass is 539 g/mol. The van der Waals surface area contributed by atoms with Gasteiger partial charge in [-0.15, -0.1) is 0 Å². The SMILES string of the molecule is CNC(=O)[C@H](C)N(Cc1ccc(Cl)cc1Cl)C(=O)CN(c1ccc(Cl)cc1Cl)S(C)(=O)=O. The Morgan fingerprint density at radius 2 is 1.56 bits per heavy atom. The molecule has 0 bridgehead atoms. The lowest BCUT2D eigenvalue weighted by atomic mass is 10.1. The molecule has 2 amide bonds. The number of hydrogen-bond acceptors (Lipinski definition) is 4. The van der Waals surface area contributed by atoms with Crippen LogP contribution in [0.2, 0.25) is 20.1 Å². The van der Waals surface area contributed by atoms with Crippen LogP contribution in [0.25, 0.3) is 0 Å². The quantitative estimate of drug-likeness (QED) is 0.542. The van der Waals surface area contributed by atoms with Gasteiger partial charge in [0.15, 0.2) is 0 Å². The summed E-state index contributed by atoms with van der Waals surface area (Å²) in [5.41, 5.74) is 0.625. The molecule has 0 saturated heterocycles. The van der Waals surface area contributed by atoms with Gasteiger partial charge in [0.25, 0.3) is 0 Å². The summed E-state index contributed by atoms with van der Waals surface area (Å²) in [7, 11) is -2.47. The molecule has 0 fully saturated rings. The molecule has 0 radical (unpaired) electrons. The number of anilines is 1. The molecule has 0 heterocycles.